The topological polar surface area (TPSA) is 49.4 Å². The van der Waals surface area contributed by atoms with Gasteiger partial charge in [0.05, 0.1) is 5.92 Å². The summed E-state index contributed by atoms with van der Waals surface area (Å²) in [5.74, 6) is -0.222. The first-order valence-corrected chi connectivity index (χ1v) is 8.29. The molecule has 1 saturated heterocycles. The third-order valence-corrected chi connectivity index (χ3v) is 4.99. The largest absolute Gasteiger partial charge is 0.339 e. The van der Waals surface area contributed by atoms with E-state index in [1.54, 1.807) is 12.1 Å². The number of amides is 2. The summed E-state index contributed by atoms with van der Waals surface area (Å²) in [6, 6.07) is 5.77. The molecule has 1 atom stereocenters. The third kappa shape index (κ3) is 3.12. The van der Waals surface area contributed by atoms with E-state index in [2.05, 4.69) is 5.32 Å². The van der Waals surface area contributed by atoms with Crippen LogP contribution in [0.15, 0.2) is 18.2 Å². The Bertz CT molecular complexity index is 596. The van der Waals surface area contributed by atoms with E-state index in [-0.39, 0.29) is 17.7 Å². The monoisotopic (exact) mass is 320 g/mol. The van der Waals surface area contributed by atoms with Gasteiger partial charge in [-0.3, -0.25) is 9.59 Å². The minimum atomic E-state index is -0.258. The Kier molecular flexibility index (Phi) is 4.39. The van der Waals surface area contributed by atoms with E-state index in [0.29, 0.717) is 24.0 Å². The number of carbonyl (C=O) groups excluding carboxylic acids is 2. The van der Waals surface area contributed by atoms with Gasteiger partial charge < -0.3 is 10.2 Å². The van der Waals surface area contributed by atoms with Crippen molar-refractivity contribution in [2.75, 3.05) is 11.9 Å². The Balaban J connectivity index is 1.65. The Hall–Kier alpha value is -1.55. The van der Waals surface area contributed by atoms with Crippen molar-refractivity contribution in [2.45, 2.75) is 45.1 Å². The molecular weight excluding hydrogens is 300 g/mol. The Morgan fingerprint density at radius 2 is 2.05 bits per heavy atom. The van der Waals surface area contributed by atoms with Gasteiger partial charge in [-0.05, 0) is 37.5 Å². The van der Waals surface area contributed by atoms with Crippen LogP contribution in [0, 0.1) is 12.8 Å². The normalized spacial score (nSPS) is 22.4. The highest BCUT2D eigenvalue weighted by Crippen LogP contribution is 2.30. The molecule has 1 aliphatic carbocycles. The van der Waals surface area contributed by atoms with Crippen LogP contribution in [-0.2, 0) is 9.59 Å². The molecule has 1 aromatic rings. The van der Waals surface area contributed by atoms with E-state index in [1.165, 1.54) is 12.8 Å². The van der Waals surface area contributed by atoms with Crippen LogP contribution in [-0.4, -0.2) is 29.3 Å². The second-order valence-corrected chi connectivity index (χ2v) is 6.77. The molecule has 0 bridgehead atoms. The maximum atomic E-state index is 12.5. The predicted octanol–water partition coefficient (Wildman–Crippen LogP) is 3.38. The van der Waals surface area contributed by atoms with E-state index in [4.69, 9.17) is 11.6 Å². The average Bonchev–Trinajstić information content (AvgIpc) is 3.11. The van der Waals surface area contributed by atoms with Crippen LogP contribution < -0.4 is 5.32 Å². The zero-order chi connectivity index (χ0) is 15.7. The summed E-state index contributed by atoms with van der Waals surface area (Å²) in [5.41, 5.74) is 1.69. The number of anilines is 1. The van der Waals surface area contributed by atoms with Crippen molar-refractivity contribution in [3.8, 4) is 0 Å². The highest BCUT2D eigenvalue weighted by Gasteiger charge is 2.38. The summed E-state index contributed by atoms with van der Waals surface area (Å²) >= 11 is 5.98. The van der Waals surface area contributed by atoms with Gasteiger partial charge in [0.25, 0.3) is 0 Å². The quantitative estimate of drug-likeness (QED) is 0.928. The minimum absolute atomic E-state index is 0.0841. The van der Waals surface area contributed by atoms with Crippen LogP contribution in [0.1, 0.15) is 37.7 Å². The number of aryl methyl sites for hydroxylation is 1. The summed E-state index contributed by atoms with van der Waals surface area (Å²) in [4.78, 5) is 26.5. The molecule has 3 rings (SSSR count). The number of hydrogen-bond acceptors (Lipinski definition) is 2. The van der Waals surface area contributed by atoms with Gasteiger partial charge >= 0.3 is 0 Å². The molecule has 0 spiro atoms. The zero-order valence-corrected chi connectivity index (χ0v) is 13.5. The fourth-order valence-electron chi connectivity index (χ4n) is 3.44. The van der Waals surface area contributed by atoms with Gasteiger partial charge in [0.1, 0.15) is 0 Å². The highest BCUT2D eigenvalue weighted by molar-refractivity contribution is 6.31. The summed E-state index contributed by atoms with van der Waals surface area (Å²) in [6.45, 7) is 2.48. The summed E-state index contributed by atoms with van der Waals surface area (Å²) in [5, 5.41) is 3.52. The van der Waals surface area contributed by atoms with Crippen LogP contribution in [0.4, 0.5) is 5.69 Å². The van der Waals surface area contributed by atoms with Gasteiger partial charge in [-0.25, -0.2) is 0 Å². The molecular formula is C17H21ClN2O2. The molecule has 1 aliphatic heterocycles. The third-order valence-electron chi connectivity index (χ3n) is 4.75. The SMILES string of the molecule is Cc1ccc(Cl)cc1NC(=O)[C@@H]1CC(=O)N(C2CCCC2)C1. The van der Waals surface area contributed by atoms with Crippen LogP contribution >= 0.6 is 11.6 Å². The standard InChI is InChI=1S/C17H21ClN2O2/c1-11-6-7-13(18)9-15(11)19-17(22)12-8-16(21)20(10-12)14-4-2-3-5-14/h6-7,9,12,14H,2-5,8,10H2,1H3,(H,19,22)/t12-/m1/s1. The van der Waals surface area contributed by atoms with Crippen molar-refractivity contribution in [1.82, 2.24) is 4.90 Å². The highest BCUT2D eigenvalue weighted by atomic mass is 35.5. The maximum Gasteiger partial charge on any atom is 0.229 e. The molecule has 2 aliphatic rings. The Labute approximate surface area is 135 Å². The average molecular weight is 321 g/mol. The van der Waals surface area contributed by atoms with E-state index < -0.39 is 0 Å². The minimum Gasteiger partial charge on any atom is -0.339 e. The van der Waals surface area contributed by atoms with Crippen molar-refractivity contribution in [1.29, 1.82) is 0 Å². The number of nitrogens with zero attached hydrogens (tertiary/aromatic N) is 1. The fraction of sp³-hybridized carbons (Fsp3) is 0.529. The summed E-state index contributed by atoms with van der Waals surface area (Å²) in [7, 11) is 0. The van der Waals surface area contributed by atoms with E-state index in [9.17, 15) is 9.59 Å². The molecule has 22 heavy (non-hydrogen) atoms. The molecule has 1 N–H and O–H groups in total. The number of benzene rings is 1. The molecule has 118 valence electrons. The molecule has 1 aromatic carbocycles. The van der Waals surface area contributed by atoms with Crippen molar-refractivity contribution in [3.05, 3.63) is 28.8 Å². The van der Waals surface area contributed by atoms with Gasteiger partial charge in [0.15, 0.2) is 0 Å². The predicted molar refractivity (Wildman–Crippen MR) is 86.9 cm³/mol. The molecule has 4 nitrogen and oxygen atoms in total. The summed E-state index contributed by atoms with van der Waals surface area (Å²) < 4.78 is 0. The van der Waals surface area contributed by atoms with Crippen LogP contribution in [0.3, 0.4) is 0 Å². The molecule has 2 amide bonds. The first-order valence-electron chi connectivity index (χ1n) is 7.91. The van der Waals surface area contributed by atoms with Crippen LogP contribution in [0.2, 0.25) is 5.02 Å². The first kappa shape index (κ1) is 15.3. The second kappa shape index (κ2) is 6.29. The Morgan fingerprint density at radius 3 is 2.77 bits per heavy atom. The van der Waals surface area contributed by atoms with Crippen LogP contribution in [0.5, 0.6) is 0 Å². The second-order valence-electron chi connectivity index (χ2n) is 6.33. The van der Waals surface area contributed by atoms with E-state index in [1.807, 2.05) is 17.9 Å². The van der Waals surface area contributed by atoms with Gasteiger partial charge in [-0.15, -0.1) is 0 Å². The van der Waals surface area contributed by atoms with E-state index >= 15 is 0 Å². The smallest absolute Gasteiger partial charge is 0.229 e. The van der Waals surface area contributed by atoms with Gasteiger partial charge in [-0.1, -0.05) is 30.5 Å². The van der Waals surface area contributed by atoms with Gasteiger partial charge in [0, 0.05) is 29.7 Å². The number of nitrogens with one attached hydrogen (secondary N) is 1. The van der Waals surface area contributed by atoms with Crippen molar-refractivity contribution in [2.24, 2.45) is 5.92 Å². The zero-order valence-electron chi connectivity index (χ0n) is 12.8. The molecule has 2 fully saturated rings. The summed E-state index contributed by atoms with van der Waals surface area (Å²) in [6.07, 6.45) is 4.85. The molecule has 0 radical (unpaired) electrons. The van der Waals surface area contributed by atoms with E-state index in [0.717, 1.165) is 24.1 Å². The maximum absolute atomic E-state index is 12.5. The van der Waals surface area contributed by atoms with Gasteiger partial charge in [-0.2, -0.15) is 0 Å². The molecule has 0 unspecified atom stereocenters. The van der Waals surface area contributed by atoms with Crippen molar-refractivity contribution in [3.63, 3.8) is 0 Å². The van der Waals surface area contributed by atoms with Crippen LogP contribution in [0.25, 0.3) is 0 Å². The number of carbonyl (C=O) groups is 2. The van der Waals surface area contributed by atoms with Crippen molar-refractivity contribution < 1.29 is 9.59 Å². The molecule has 5 heteroatoms. The van der Waals surface area contributed by atoms with Gasteiger partial charge in [0.2, 0.25) is 11.8 Å². The van der Waals surface area contributed by atoms with Crippen molar-refractivity contribution >= 4 is 29.1 Å². The fourth-order valence-corrected chi connectivity index (χ4v) is 3.61. The number of rotatable bonds is 3. The molecule has 0 aromatic heterocycles. The molecule has 1 saturated carbocycles. The first-order chi connectivity index (χ1) is 10.5. The number of likely N-dealkylation sites (tertiary alicyclic amines) is 1. The lowest BCUT2D eigenvalue weighted by molar-refractivity contribution is -0.129. The lowest BCUT2D eigenvalue weighted by Gasteiger charge is -2.24. The Morgan fingerprint density at radius 1 is 1.32 bits per heavy atom. The molecule has 1 heterocycles. The number of halogens is 1. The number of hydrogen-bond donors (Lipinski definition) is 1. The lowest BCUT2D eigenvalue weighted by Crippen LogP contribution is -2.35. The lowest BCUT2D eigenvalue weighted by atomic mass is 10.1.